The zero-order chi connectivity index (χ0) is 13.9. The van der Waals surface area contributed by atoms with Gasteiger partial charge in [0.2, 0.25) is 5.95 Å². The Morgan fingerprint density at radius 2 is 2.20 bits per heavy atom. The van der Waals surface area contributed by atoms with Crippen LogP contribution in [-0.2, 0) is 17.6 Å². The van der Waals surface area contributed by atoms with Gasteiger partial charge in [-0.3, -0.25) is 0 Å². The van der Waals surface area contributed by atoms with Gasteiger partial charge >= 0.3 is 0 Å². The Morgan fingerprint density at radius 3 is 3.00 bits per heavy atom. The average Bonchev–Trinajstić information content (AvgIpc) is 2.81. The quantitative estimate of drug-likeness (QED) is 0.831. The van der Waals surface area contributed by atoms with Gasteiger partial charge in [0.1, 0.15) is 5.82 Å². The van der Waals surface area contributed by atoms with Gasteiger partial charge in [-0.2, -0.15) is 4.98 Å². The van der Waals surface area contributed by atoms with Crippen molar-refractivity contribution in [1.29, 1.82) is 0 Å². The summed E-state index contributed by atoms with van der Waals surface area (Å²) in [5.74, 6) is 1.35. The van der Waals surface area contributed by atoms with Crippen LogP contribution in [0.3, 0.4) is 0 Å². The molecule has 0 spiro atoms. The molecule has 1 aromatic heterocycles. The maximum absolute atomic E-state index is 5.88. The Hall–Kier alpha value is -1.40. The number of rotatable bonds is 3. The monoisotopic (exact) mass is 277 g/mol. The summed E-state index contributed by atoms with van der Waals surface area (Å²) in [4.78, 5) is 11.1. The molecule has 2 aliphatic heterocycles. The highest BCUT2D eigenvalue weighted by molar-refractivity contribution is 5.52. The van der Waals surface area contributed by atoms with Crippen molar-refractivity contribution >= 4 is 11.8 Å². The van der Waals surface area contributed by atoms with Crippen molar-refractivity contribution in [3.63, 3.8) is 0 Å². The van der Waals surface area contributed by atoms with Crippen molar-refractivity contribution in [2.75, 3.05) is 43.9 Å². The lowest BCUT2D eigenvalue weighted by atomic mass is 10.1. The Morgan fingerprint density at radius 1 is 1.35 bits per heavy atom. The number of nitrogens with one attached hydrogen (secondary N) is 1. The molecule has 2 aliphatic rings. The van der Waals surface area contributed by atoms with Crippen LogP contribution in [0.25, 0.3) is 0 Å². The van der Waals surface area contributed by atoms with Crippen molar-refractivity contribution in [3.8, 4) is 0 Å². The van der Waals surface area contributed by atoms with Crippen molar-refractivity contribution < 1.29 is 4.74 Å². The smallest absolute Gasteiger partial charge is 0.222 e. The normalized spacial score (nSPS) is 22.4. The van der Waals surface area contributed by atoms with Crippen molar-refractivity contribution in [2.45, 2.75) is 31.8 Å². The minimum Gasteiger partial charge on any atom is -0.376 e. The van der Waals surface area contributed by atoms with Crippen LogP contribution >= 0.6 is 0 Å². The van der Waals surface area contributed by atoms with E-state index in [0.29, 0.717) is 12.1 Å². The van der Waals surface area contributed by atoms with E-state index in [1.54, 1.807) is 0 Å². The molecule has 1 atom stereocenters. The van der Waals surface area contributed by atoms with E-state index >= 15 is 0 Å². The minimum absolute atomic E-state index is 0.316. The summed E-state index contributed by atoms with van der Waals surface area (Å²) in [5, 5.41) is 3.40. The van der Waals surface area contributed by atoms with E-state index in [-0.39, 0.29) is 0 Å². The number of hydrogen-bond donors (Lipinski definition) is 2. The van der Waals surface area contributed by atoms with Gasteiger partial charge in [0, 0.05) is 38.7 Å². The molecule has 1 aromatic rings. The maximum atomic E-state index is 5.88. The van der Waals surface area contributed by atoms with Crippen LogP contribution < -0.4 is 16.0 Å². The summed E-state index contributed by atoms with van der Waals surface area (Å²) in [6.07, 6.45) is 4.49. The fourth-order valence-electron chi connectivity index (χ4n) is 3.04. The summed E-state index contributed by atoms with van der Waals surface area (Å²) < 4.78 is 5.72. The lowest BCUT2D eigenvalue weighted by Gasteiger charge is -2.24. The Balaban J connectivity index is 1.85. The highest BCUT2D eigenvalue weighted by Crippen LogP contribution is 2.24. The number of fused-ring (bicyclic) bond motifs is 1. The molecular weight excluding hydrogens is 254 g/mol. The molecule has 1 unspecified atom stereocenters. The lowest BCUT2D eigenvalue weighted by Crippen LogP contribution is -2.30. The van der Waals surface area contributed by atoms with E-state index in [2.05, 4.69) is 27.2 Å². The first kappa shape index (κ1) is 13.6. The fourth-order valence-corrected chi connectivity index (χ4v) is 3.04. The van der Waals surface area contributed by atoms with Gasteiger partial charge in [-0.15, -0.1) is 0 Å². The van der Waals surface area contributed by atoms with E-state index < -0.39 is 0 Å². The fraction of sp³-hybridized carbons (Fsp3) is 0.714. The number of nitrogen functional groups attached to an aromatic ring is 1. The SMILES string of the molecule is CN(CC1CCCO1)c1nc(N)nc2c1CCNCC2. The standard InChI is InChI=1S/C14H23N5O/c1-19(9-10-3-2-8-20-10)13-11-4-6-16-7-5-12(11)17-14(15)18-13/h10,16H,2-9H2,1H3,(H2,15,17,18). The number of hydrogen-bond acceptors (Lipinski definition) is 6. The van der Waals surface area contributed by atoms with Gasteiger partial charge in [-0.1, -0.05) is 0 Å². The number of nitrogens with two attached hydrogens (primary N) is 1. The van der Waals surface area contributed by atoms with E-state index in [1.807, 2.05) is 0 Å². The third-order valence-corrected chi connectivity index (χ3v) is 4.04. The van der Waals surface area contributed by atoms with E-state index in [1.165, 1.54) is 5.56 Å². The third kappa shape index (κ3) is 2.86. The summed E-state index contributed by atoms with van der Waals surface area (Å²) in [6, 6.07) is 0. The first-order chi connectivity index (χ1) is 9.74. The highest BCUT2D eigenvalue weighted by Gasteiger charge is 2.22. The van der Waals surface area contributed by atoms with Gasteiger partial charge in [-0.05, 0) is 25.8 Å². The number of aromatic nitrogens is 2. The predicted molar refractivity (Wildman–Crippen MR) is 79.0 cm³/mol. The van der Waals surface area contributed by atoms with Crippen LogP contribution in [0.5, 0.6) is 0 Å². The first-order valence-electron chi connectivity index (χ1n) is 7.43. The molecule has 6 heteroatoms. The van der Waals surface area contributed by atoms with Crippen LogP contribution in [-0.4, -0.2) is 49.4 Å². The second-order valence-corrected chi connectivity index (χ2v) is 5.60. The molecule has 110 valence electrons. The topological polar surface area (TPSA) is 76.3 Å². The van der Waals surface area contributed by atoms with Crippen molar-refractivity contribution in [2.24, 2.45) is 0 Å². The van der Waals surface area contributed by atoms with E-state index in [4.69, 9.17) is 10.5 Å². The number of anilines is 2. The maximum Gasteiger partial charge on any atom is 0.222 e. The van der Waals surface area contributed by atoms with Crippen LogP contribution in [0.1, 0.15) is 24.1 Å². The highest BCUT2D eigenvalue weighted by atomic mass is 16.5. The molecule has 3 N–H and O–H groups in total. The summed E-state index contributed by atoms with van der Waals surface area (Å²) in [7, 11) is 2.07. The Kier molecular flexibility index (Phi) is 4.03. The Bertz CT molecular complexity index is 473. The molecule has 20 heavy (non-hydrogen) atoms. The number of likely N-dealkylation sites (N-methyl/N-ethyl adjacent to an activating group) is 1. The zero-order valence-corrected chi connectivity index (χ0v) is 12.1. The summed E-state index contributed by atoms with van der Waals surface area (Å²) >= 11 is 0. The third-order valence-electron chi connectivity index (χ3n) is 4.04. The molecule has 0 saturated carbocycles. The average molecular weight is 277 g/mol. The molecular formula is C14H23N5O. The second kappa shape index (κ2) is 5.93. The molecule has 1 fully saturated rings. The summed E-state index contributed by atoms with van der Waals surface area (Å²) in [6.45, 7) is 3.68. The van der Waals surface area contributed by atoms with E-state index in [9.17, 15) is 0 Å². The van der Waals surface area contributed by atoms with Gasteiger partial charge in [-0.25, -0.2) is 4.98 Å². The van der Waals surface area contributed by atoms with Gasteiger partial charge in [0.25, 0.3) is 0 Å². The zero-order valence-electron chi connectivity index (χ0n) is 12.1. The van der Waals surface area contributed by atoms with Crippen LogP contribution in [0.2, 0.25) is 0 Å². The summed E-state index contributed by atoms with van der Waals surface area (Å²) in [5.41, 5.74) is 8.21. The van der Waals surface area contributed by atoms with Crippen LogP contribution in [0, 0.1) is 0 Å². The molecule has 0 aliphatic carbocycles. The molecule has 0 bridgehead atoms. The van der Waals surface area contributed by atoms with Crippen molar-refractivity contribution in [3.05, 3.63) is 11.3 Å². The Labute approximate surface area is 119 Å². The van der Waals surface area contributed by atoms with Gasteiger partial charge in [0.05, 0.1) is 11.8 Å². The lowest BCUT2D eigenvalue weighted by molar-refractivity contribution is 0.116. The van der Waals surface area contributed by atoms with Crippen molar-refractivity contribution in [1.82, 2.24) is 15.3 Å². The molecule has 6 nitrogen and oxygen atoms in total. The molecule has 0 amide bonds. The number of ether oxygens (including phenoxy) is 1. The molecule has 1 saturated heterocycles. The van der Waals surface area contributed by atoms with Crippen LogP contribution in [0.4, 0.5) is 11.8 Å². The largest absolute Gasteiger partial charge is 0.376 e. The molecule has 0 aromatic carbocycles. The molecule has 0 radical (unpaired) electrons. The molecule has 3 heterocycles. The minimum atomic E-state index is 0.316. The second-order valence-electron chi connectivity index (χ2n) is 5.60. The van der Waals surface area contributed by atoms with Crippen LogP contribution in [0.15, 0.2) is 0 Å². The number of nitrogens with zero attached hydrogens (tertiary/aromatic N) is 3. The first-order valence-corrected chi connectivity index (χ1v) is 7.43. The molecule has 3 rings (SSSR count). The van der Waals surface area contributed by atoms with E-state index in [0.717, 1.165) is 63.4 Å². The van der Waals surface area contributed by atoms with Gasteiger partial charge in [0.15, 0.2) is 0 Å². The predicted octanol–water partition coefficient (Wildman–Crippen LogP) is 0.362. The van der Waals surface area contributed by atoms with Gasteiger partial charge < -0.3 is 20.7 Å².